The summed E-state index contributed by atoms with van der Waals surface area (Å²) in [5.74, 6) is 0.671. The summed E-state index contributed by atoms with van der Waals surface area (Å²) in [4.78, 5) is 17.1. The molecule has 0 amide bonds. The Morgan fingerprint density at radius 2 is 1.54 bits per heavy atom. The molecule has 0 atom stereocenters. The van der Waals surface area contributed by atoms with Crippen LogP contribution in [0, 0.1) is 0 Å². The van der Waals surface area contributed by atoms with Crippen LogP contribution in [0.3, 0.4) is 0 Å². The number of ether oxygens (including phenoxy) is 2. The van der Waals surface area contributed by atoms with Crippen molar-refractivity contribution in [2.75, 3.05) is 6.61 Å². The first kappa shape index (κ1) is 18.0. The van der Waals surface area contributed by atoms with Crippen LogP contribution >= 0.6 is 12.4 Å². The highest BCUT2D eigenvalue weighted by Gasteiger charge is 2.33. The molecule has 0 unspecified atom stereocenters. The zero-order valence-electron chi connectivity index (χ0n) is 14.0. The molecule has 3 aromatic rings. The molecule has 1 aliphatic heterocycles. The number of carbonyl (C=O) groups is 1. The van der Waals surface area contributed by atoms with E-state index in [9.17, 15) is 4.79 Å². The third-order valence-corrected chi connectivity index (χ3v) is 4.24. The predicted molar refractivity (Wildman–Crippen MR) is 101 cm³/mol. The molecule has 0 aliphatic carbocycles. The van der Waals surface area contributed by atoms with Gasteiger partial charge in [0.2, 0.25) is 0 Å². The van der Waals surface area contributed by atoms with Gasteiger partial charge in [0.1, 0.15) is 17.4 Å². The monoisotopic (exact) mass is 367 g/mol. The van der Waals surface area contributed by atoms with E-state index in [1.165, 1.54) is 0 Å². The second-order valence-corrected chi connectivity index (χ2v) is 5.85. The topological polar surface area (TPSA) is 48.4 Å². The van der Waals surface area contributed by atoms with Crippen LogP contribution < -0.4 is 4.74 Å². The van der Waals surface area contributed by atoms with Gasteiger partial charge in [-0.05, 0) is 24.3 Å². The van der Waals surface area contributed by atoms with E-state index >= 15 is 0 Å². The first-order chi connectivity index (χ1) is 12.3. The maximum Gasteiger partial charge on any atom is 0.318 e. The number of fused-ring (bicyclic) bond motifs is 2. The summed E-state index contributed by atoms with van der Waals surface area (Å²) in [6, 6.07) is 20.9. The minimum absolute atomic E-state index is 0. The van der Waals surface area contributed by atoms with E-state index in [0.717, 1.165) is 16.8 Å². The van der Waals surface area contributed by atoms with Gasteiger partial charge in [0.15, 0.2) is 0 Å². The third kappa shape index (κ3) is 3.55. The number of benzene rings is 2. The zero-order valence-corrected chi connectivity index (χ0v) is 14.8. The molecule has 0 saturated carbocycles. The van der Waals surface area contributed by atoms with Gasteiger partial charge < -0.3 is 9.47 Å². The van der Waals surface area contributed by atoms with E-state index in [-0.39, 0.29) is 18.4 Å². The normalized spacial score (nSPS) is 12.2. The van der Waals surface area contributed by atoms with Crippen molar-refractivity contribution < 1.29 is 14.3 Å². The fourth-order valence-corrected chi connectivity index (χ4v) is 3.05. The lowest BCUT2D eigenvalue weighted by Gasteiger charge is -2.26. The highest BCUT2D eigenvalue weighted by Crippen LogP contribution is 2.44. The molecule has 0 saturated heterocycles. The number of rotatable bonds is 4. The molecule has 2 aromatic carbocycles. The van der Waals surface area contributed by atoms with Crippen LogP contribution in [-0.2, 0) is 16.0 Å². The Morgan fingerprint density at radius 3 is 2.15 bits per heavy atom. The lowest BCUT2D eigenvalue weighted by Crippen LogP contribution is -2.22. The number of hydrogen-bond donors (Lipinski definition) is 0. The maximum atomic E-state index is 12.8. The van der Waals surface area contributed by atoms with Crippen LogP contribution in [0.4, 0.5) is 0 Å². The van der Waals surface area contributed by atoms with Gasteiger partial charge >= 0.3 is 5.97 Å². The summed E-state index contributed by atoms with van der Waals surface area (Å²) in [5.41, 5.74) is 2.58. The van der Waals surface area contributed by atoms with Gasteiger partial charge in [-0.15, -0.1) is 12.4 Å². The molecule has 4 nitrogen and oxygen atoms in total. The highest BCUT2D eigenvalue weighted by molar-refractivity contribution is 5.85. The second kappa shape index (κ2) is 8.02. The lowest BCUT2D eigenvalue weighted by atomic mass is 9.88. The van der Waals surface area contributed by atoms with Crippen molar-refractivity contribution in [3.8, 4) is 11.5 Å². The number of pyridine rings is 1. The Morgan fingerprint density at radius 1 is 0.923 bits per heavy atom. The number of aromatic nitrogens is 1. The minimum atomic E-state index is -0.468. The Bertz CT molecular complexity index is 853. The fourth-order valence-electron chi connectivity index (χ4n) is 3.05. The minimum Gasteiger partial charge on any atom is -0.465 e. The first-order valence-corrected chi connectivity index (χ1v) is 8.25. The van der Waals surface area contributed by atoms with E-state index in [1.54, 1.807) is 6.20 Å². The summed E-state index contributed by atoms with van der Waals surface area (Å²) in [6.07, 6.45) is 2.33. The molecular weight excluding hydrogens is 350 g/mol. The van der Waals surface area contributed by atoms with E-state index in [0.29, 0.717) is 24.5 Å². The van der Waals surface area contributed by atoms with E-state index in [1.807, 2.05) is 66.7 Å². The van der Waals surface area contributed by atoms with Crippen molar-refractivity contribution >= 4 is 18.4 Å². The molecule has 132 valence electrons. The zero-order chi connectivity index (χ0) is 17.1. The molecule has 2 heterocycles. The molecule has 26 heavy (non-hydrogen) atoms. The van der Waals surface area contributed by atoms with Crippen molar-refractivity contribution in [3.63, 3.8) is 0 Å². The summed E-state index contributed by atoms with van der Waals surface area (Å²) in [5, 5.41) is 0. The van der Waals surface area contributed by atoms with E-state index < -0.39 is 5.92 Å². The quantitative estimate of drug-likeness (QED) is 0.636. The van der Waals surface area contributed by atoms with Crippen molar-refractivity contribution in [2.24, 2.45) is 0 Å². The van der Waals surface area contributed by atoms with Crippen molar-refractivity contribution in [2.45, 2.75) is 12.3 Å². The molecule has 1 aromatic heterocycles. The van der Waals surface area contributed by atoms with E-state index in [2.05, 4.69) is 4.98 Å². The van der Waals surface area contributed by atoms with Crippen LogP contribution in [-0.4, -0.2) is 17.6 Å². The summed E-state index contributed by atoms with van der Waals surface area (Å²) in [7, 11) is 0. The molecule has 1 aliphatic rings. The molecule has 5 heteroatoms. The lowest BCUT2D eigenvalue weighted by molar-refractivity contribution is -0.144. The van der Waals surface area contributed by atoms with Crippen LogP contribution in [0.15, 0.2) is 72.9 Å². The summed E-state index contributed by atoms with van der Waals surface area (Å²) in [6.45, 7) is 0.303. The third-order valence-electron chi connectivity index (χ3n) is 4.24. The van der Waals surface area contributed by atoms with Gasteiger partial charge in [0, 0.05) is 29.4 Å². The van der Waals surface area contributed by atoms with Gasteiger partial charge in [-0.3, -0.25) is 9.78 Å². The van der Waals surface area contributed by atoms with Gasteiger partial charge in [0.05, 0.1) is 6.61 Å². The number of carbonyl (C=O) groups excluding carboxylic acids is 1. The Hall–Kier alpha value is -2.85. The average molecular weight is 368 g/mol. The SMILES string of the molecule is Cl.O=C(OCCc1ccccn1)C1c2ccccc2Oc2ccccc21. The van der Waals surface area contributed by atoms with Crippen molar-refractivity contribution in [3.05, 3.63) is 89.7 Å². The number of esters is 1. The molecule has 0 fully saturated rings. The predicted octanol–water partition coefficient (Wildman–Crippen LogP) is 4.53. The Labute approximate surface area is 158 Å². The molecule has 0 radical (unpaired) electrons. The van der Waals surface area contributed by atoms with E-state index in [4.69, 9.17) is 9.47 Å². The maximum absolute atomic E-state index is 12.8. The summed E-state index contributed by atoms with van der Waals surface area (Å²) >= 11 is 0. The smallest absolute Gasteiger partial charge is 0.318 e. The average Bonchev–Trinajstić information content (AvgIpc) is 2.66. The molecule has 0 N–H and O–H groups in total. The molecule has 4 rings (SSSR count). The van der Waals surface area contributed by atoms with Gasteiger partial charge in [-0.2, -0.15) is 0 Å². The molecule has 0 spiro atoms. The van der Waals surface area contributed by atoms with Crippen molar-refractivity contribution in [1.82, 2.24) is 4.98 Å². The fraction of sp³-hybridized carbons (Fsp3) is 0.143. The summed E-state index contributed by atoms with van der Waals surface area (Å²) < 4.78 is 11.5. The first-order valence-electron chi connectivity index (χ1n) is 8.25. The van der Waals surface area contributed by atoms with Crippen LogP contribution in [0.1, 0.15) is 22.7 Å². The van der Waals surface area contributed by atoms with Crippen LogP contribution in [0.25, 0.3) is 0 Å². The Balaban J connectivity index is 0.00000196. The number of para-hydroxylation sites is 2. The second-order valence-electron chi connectivity index (χ2n) is 5.85. The Kier molecular flexibility index (Phi) is 5.54. The van der Waals surface area contributed by atoms with Crippen LogP contribution in [0.5, 0.6) is 11.5 Å². The number of nitrogens with zero attached hydrogens (tertiary/aromatic N) is 1. The highest BCUT2D eigenvalue weighted by atomic mass is 35.5. The molecular formula is C21H18ClNO3. The van der Waals surface area contributed by atoms with Gasteiger partial charge in [0.25, 0.3) is 0 Å². The molecule has 0 bridgehead atoms. The van der Waals surface area contributed by atoms with Gasteiger partial charge in [-0.25, -0.2) is 0 Å². The van der Waals surface area contributed by atoms with Crippen LogP contribution in [0.2, 0.25) is 0 Å². The van der Waals surface area contributed by atoms with Gasteiger partial charge in [-0.1, -0.05) is 42.5 Å². The standard InChI is InChI=1S/C21H17NO3.ClH/c23-21(24-14-12-15-7-5-6-13-22-15)20-16-8-1-3-10-18(16)25-19-11-4-2-9-17(19)20;/h1-11,13,20H,12,14H2;1H. The number of hydrogen-bond acceptors (Lipinski definition) is 4. The largest absolute Gasteiger partial charge is 0.465 e. The van der Waals surface area contributed by atoms with Crippen molar-refractivity contribution in [1.29, 1.82) is 0 Å². The number of halogens is 1.